The van der Waals surface area contributed by atoms with E-state index in [9.17, 15) is 0 Å². The highest BCUT2D eigenvalue weighted by Gasteiger charge is 2.14. The molecule has 3 heterocycles. The van der Waals surface area contributed by atoms with Crippen molar-refractivity contribution in [3.8, 4) is 5.69 Å². The number of para-hydroxylation sites is 1. The lowest BCUT2D eigenvalue weighted by Crippen LogP contribution is -1.99. The molecule has 28 heavy (non-hydrogen) atoms. The molecule has 0 spiro atoms. The average molecular weight is 372 g/mol. The van der Waals surface area contributed by atoms with Crippen molar-refractivity contribution in [2.75, 3.05) is 31.7 Å². The number of hydrogen-bond acceptors (Lipinski definition) is 5. The molecule has 2 aromatic carbocycles. The molecule has 0 fully saturated rings. The Hall–Kier alpha value is -3.22. The van der Waals surface area contributed by atoms with E-state index in [0.29, 0.717) is 32.4 Å². The molecule has 3 aromatic rings. The zero-order valence-electron chi connectivity index (χ0n) is 15.3. The maximum absolute atomic E-state index is 5.51. The fourth-order valence-corrected chi connectivity index (χ4v) is 3.40. The minimum atomic E-state index is 0.556. The Morgan fingerprint density at radius 2 is 1.54 bits per heavy atom. The molecule has 0 saturated heterocycles. The van der Waals surface area contributed by atoms with Crippen LogP contribution in [0.4, 0.5) is 11.6 Å². The Morgan fingerprint density at radius 1 is 0.857 bits per heavy atom. The number of anilines is 2. The highest BCUT2D eigenvalue weighted by Crippen LogP contribution is 2.30. The first-order valence-electron chi connectivity index (χ1n) is 9.29. The molecule has 140 valence electrons. The SMILES string of the molecule is C1=C(c2cc(Nc3ncn(-c4ccccc4)n3)cc(C3=CCOC3)c2)COC1. The second-order valence-electron chi connectivity index (χ2n) is 6.76. The molecule has 0 amide bonds. The van der Waals surface area contributed by atoms with Gasteiger partial charge in [0.2, 0.25) is 5.95 Å². The molecule has 5 rings (SSSR count). The fourth-order valence-electron chi connectivity index (χ4n) is 3.40. The first kappa shape index (κ1) is 16.9. The van der Waals surface area contributed by atoms with Gasteiger partial charge < -0.3 is 14.8 Å². The quantitative estimate of drug-likeness (QED) is 0.737. The molecular weight excluding hydrogens is 352 g/mol. The van der Waals surface area contributed by atoms with Crippen LogP contribution in [0.25, 0.3) is 16.8 Å². The summed E-state index contributed by atoms with van der Waals surface area (Å²) < 4.78 is 12.8. The molecule has 0 aliphatic carbocycles. The van der Waals surface area contributed by atoms with Gasteiger partial charge in [0.15, 0.2) is 0 Å². The molecule has 0 bridgehead atoms. The van der Waals surface area contributed by atoms with E-state index in [2.05, 4.69) is 45.8 Å². The van der Waals surface area contributed by atoms with Crippen LogP contribution in [0.15, 0.2) is 67.0 Å². The van der Waals surface area contributed by atoms with Crippen LogP contribution in [-0.2, 0) is 9.47 Å². The Labute approximate surface area is 163 Å². The summed E-state index contributed by atoms with van der Waals surface area (Å²) >= 11 is 0. The van der Waals surface area contributed by atoms with Crippen molar-refractivity contribution in [1.29, 1.82) is 0 Å². The fraction of sp³-hybridized carbons (Fsp3) is 0.182. The minimum absolute atomic E-state index is 0.556. The molecule has 1 N–H and O–H groups in total. The van der Waals surface area contributed by atoms with Gasteiger partial charge in [0, 0.05) is 5.69 Å². The molecule has 0 unspecified atom stereocenters. The first-order chi connectivity index (χ1) is 13.8. The van der Waals surface area contributed by atoms with Gasteiger partial charge in [-0.15, -0.1) is 5.10 Å². The predicted molar refractivity (Wildman–Crippen MR) is 109 cm³/mol. The third kappa shape index (κ3) is 3.47. The van der Waals surface area contributed by atoms with E-state index >= 15 is 0 Å². The van der Waals surface area contributed by atoms with Gasteiger partial charge in [-0.1, -0.05) is 30.4 Å². The number of benzene rings is 2. The van der Waals surface area contributed by atoms with Gasteiger partial charge in [-0.2, -0.15) is 4.98 Å². The number of aromatic nitrogens is 3. The maximum Gasteiger partial charge on any atom is 0.246 e. The van der Waals surface area contributed by atoms with Crippen molar-refractivity contribution in [2.45, 2.75) is 0 Å². The van der Waals surface area contributed by atoms with Crippen molar-refractivity contribution >= 4 is 22.8 Å². The van der Waals surface area contributed by atoms with Gasteiger partial charge in [0.05, 0.1) is 32.1 Å². The van der Waals surface area contributed by atoms with E-state index in [-0.39, 0.29) is 0 Å². The van der Waals surface area contributed by atoms with Gasteiger partial charge in [-0.3, -0.25) is 0 Å². The van der Waals surface area contributed by atoms with Crippen LogP contribution in [0, 0.1) is 0 Å². The van der Waals surface area contributed by atoms with Crippen LogP contribution >= 0.6 is 0 Å². The van der Waals surface area contributed by atoms with Gasteiger partial charge in [-0.25, -0.2) is 4.68 Å². The molecule has 2 aliphatic heterocycles. The van der Waals surface area contributed by atoms with Gasteiger partial charge in [-0.05, 0) is 52.6 Å². The van der Waals surface area contributed by atoms with Crippen LogP contribution in [0.1, 0.15) is 11.1 Å². The lowest BCUT2D eigenvalue weighted by Gasteiger charge is -2.11. The third-order valence-corrected chi connectivity index (χ3v) is 4.85. The van der Waals surface area contributed by atoms with Gasteiger partial charge in [0.25, 0.3) is 0 Å². The van der Waals surface area contributed by atoms with Crippen molar-refractivity contribution in [1.82, 2.24) is 14.8 Å². The molecule has 6 heteroatoms. The zero-order valence-corrected chi connectivity index (χ0v) is 15.3. The summed E-state index contributed by atoms with van der Waals surface area (Å²) in [6.45, 7) is 2.60. The Bertz CT molecular complexity index is 1010. The van der Waals surface area contributed by atoms with E-state index in [1.54, 1.807) is 11.0 Å². The van der Waals surface area contributed by atoms with Crippen LogP contribution in [0.2, 0.25) is 0 Å². The summed E-state index contributed by atoms with van der Waals surface area (Å²) in [6.07, 6.45) is 5.97. The van der Waals surface area contributed by atoms with Gasteiger partial charge in [0.1, 0.15) is 6.33 Å². The minimum Gasteiger partial charge on any atom is -0.373 e. The second kappa shape index (κ2) is 7.42. The standard InChI is InChI=1S/C22H20N4O2/c1-2-4-21(5-3-1)26-15-23-22(25-26)24-20-11-18(16-6-8-27-13-16)10-19(12-20)17-7-9-28-14-17/h1-7,10-12,15H,8-9,13-14H2,(H,24,25). The maximum atomic E-state index is 5.51. The van der Waals surface area contributed by atoms with Crippen molar-refractivity contribution in [2.24, 2.45) is 0 Å². The molecule has 6 nitrogen and oxygen atoms in total. The molecule has 0 atom stereocenters. The second-order valence-corrected chi connectivity index (χ2v) is 6.76. The van der Waals surface area contributed by atoms with Crippen molar-refractivity contribution in [3.05, 3.63) is 78.1 Å². The summed E-state index contributed by atoms with van der Waals surface area (Å²) in [7, 11) is 0. The summed E-state index contributed by atoms with van der Waals surface area (Å²) in [4.78, 5) is 4.40. The molecule has 1 aromatic heterocycles. The summed E-state index contributed by atoms with van der Waals surface area (Å²) in [5, 5.41) is 7.89. The first-order valence-corrected chi connectivity index (χ1v) is 9.29. The normalized spacial score (nSPS) is 16.1. The lowest BCUT2D eigenvalue weighted by atomic mass is 9.99. The van der Waals surface area contributed by atoms with E-state index in [0.717, 1.165) is 22.5 Å². The van der Waals surface area contributed by atoms with Crippen LogP contribution < -0.4 is 5.32 Å². The summed E-state index contributed by atoms with van der Waals surface area (Å²) in [5.74, 6) is 0.556. The molecule has 0 saturated carbocycles. The third-order valence-electron chi connectivity index (χ3n) is 4.85. The number of hydrogen-bond donors (Lipinski definition) is 1. The highest BCUT2D eigenvalue weighted by atomic mass is 16.5. The van der Waals surface area contributed by atoms with Gasteiger partial charge >= 0.3 is 0 Å². The Morgan fingerprint density at radius 3 is 2.14 bits per heavy atom. The van der Waals surface area contributed by atoms with Crippen LogP contribution in [-0.4, -0.2) is 41.2 Å². The lowest BCUT2D eigenvalue weighted by molar-refractivity contribution is 0.216. The number of nitrogens with one attached hydrogen (secondary N) is 1. The van der Waals surface area contributed by atoms with Crippen LogP contribution in [0.3, 0.4) is 0 Å². The average Bonchev–Trinajstić information content (AvgIpc) is 3.50. The highest BCUT2D eigenvalue weighted by molar-refractivity contribution is 5.79. The topological polar surface area (TPSA) is 61.2 Å². The Kier molecular flexibility index (Phi) is 4.48. The number of ether oxygens (including phenoxy) is 2. The number of rotatable bonds is 5. The van der Waals surface area contributed by atoms with E-state index in [4.69, 9.17) is 9.47 Å². The monoisotopic (exact) mass is 372 g/mol. The molecule has 0 radical (unpaired) electrons. The summed E-state index contributed by atoms with van der Waals surface area (Å²) in [5.41, 5.74) is 6.61. The molecule has 2 aliphatic rings. The van der Waals surface area contributed by atoms with E-state index in [1.807, 2.05) is 30.3 Å². The number of nitrogens with zero attached hydrogens (tertiary/aromatic N) is 3. The van der Waals surface area contributed by atoms with Crippen LogP contribution in [0.5, 0.6) is 0 Å². The predicted octanol–water partition coefficient (Wildman–Crippen LogP) is 3.84. The largest absolute Gasteiger partial charge is 0.373 e. The van der Waals surface area contributed by atoms with Crippen molar-refractivity contribution in [3.63, 3.8) is 0 Å². The zero-order chi connectivity index (χ0) is 18.8. The van der Waals surface area contributed by atoms with E-state index < -0.39 is 0 Å². The molecular formula is C22H20N4O2. The Balaban J connectivity index is 1.46. The van der Waals surface area contributed by atoms with Crippen molar-refractivity contribution < 1.29 is 9.47 Å². The summed E-state index contributed by atoms with van der Waals surface area (Å²) in [6, 6.07) is 16.4. The van der Waals surface area contributed by atoms with E-state index in [1.165, 1.54) is 11.1 Å². The smallest absolute Gasteiger partial charge is 0.246 e.